The average Bonchev–Trinajstić information content (AvgIpc) is 3.11. The summed E-state index contributed by atoms with van der Waals surface area (Å²) in [7, 11) is 0. The van der Waals surface area contributed by atoms with E-state index in [1.165, 1.54) is 23.1 Å². The van der Waals surface area contributed by atoms with Gasteiger partial charge in [-0.3, -0.25) is 4.79 Å². The third kappa shape index (κ3) is 4.91. The van der Waals surface area contributed by atoms with Gasteiger partial charge < -0.3 is 10.2 Å². The maximum Gasteiger partial charge on any atom is 0.237 e. The topological polar surface area (TPSA) is 58.1 Å². The third-order valence-corrected chi connectivity index (χ3v) is 6.21. The van der Waals surface area contributed by atoms with Crippen LogP contribution in [0.15, 0.2) is 52.9 Å². The van der Waals surface area contributed by atoms with Gasteiger partial charge in [0.15, 0.2) is 4.34 Å². The van der Waals surface area contributed by atoms with Gasteiger partial charge in [-0.2, -0.15) is 0 Å². The largest absolute Gasteiger partial charge is 0.330 e. The van der Waals surface area contributed by atoms with E-state index < -0.39 is 0 Å². The molecule has 0 spiro atoms. The normalized spacial score (nSPS) is 10.9. The fourth-order valence-electron chi connectivity index (χ4n) is 2.95. The van der Waals surface area contributed by atoms with Crippen LogP contribution in [-0.2, 0) is 4.79 Å². The summed E-state index contributed by atoms with van der Waals surface area (Å²) in [6.45, 7) is 8.17. The van der Waals surface area contributed by atoms with Crippen LogP contribution < -0.4 is 10.2 Å². The molecule has 5 nitrogen and oxygen atoms in total. The van der Waals surface area contributed by atoms with Crippen LogP contribution in [0.1, 0.15) is 25.0 Å². The zero-order valence-electron chi connectivity index (χ0n) is 16.5. The predicted octanol–water partition coefficient (Wildman–Crippen LogP) is 5.43. The van der Waals surface area contributed by atoms with E-state index in [0.29, 0.717) is 5.75 Å². The summed E-state index contributed by atoms with van der Waals surface area (Å²) in [6.07, 6.45) is 0. The van der Waals surface area contributed by atoms with Crippen LogP contribution >= 0.6 is 23.1 Å². The first-order chi connectivity index (χ1) is 13.5. The minimum absolute atomic E-state index is 0.0608. The number of rotatable bonds is 7. The van der Waals surface area contributed by atoms with Gasteiger partial charge in [0.05, 0.1) is 5.75 Å². The molecule has 0 radical (unpaired) electrons. The van der Waals surface area contributed by atoms with Crippen LogP contribution in [0.5, 0.6) is 0 Å². The van der Waals surface area contributed by atoms with Crippen LogP contribution in [0.4, 0.5) is 16.5 Å². The fourth-order valence-corrected chi connectivity index (χ4v) is 4.56. The van der Waals surface area contributed by atoms with Crippen molar-refractivity contribution >= 4 is 45.5 Å². The molecule has 1 N–H and O–H groups in total. The Balaban J connectivity index is 1.64. The first-order valence-corrected chi connectivity index (χ1v) is 10.9. The van der Waals surface area contributed by atoms with Crippen molar-refractivity contribution < 1.29 is 4.79 Å². The quantitative estimate of drug-likeness (QED) is 0.524. The number of para-hydroxylation sites is 2. The average molecular weight is 413 g/mol. The number of anilines is 3. The van der Waals surface area contributed by atoms with Crippen molar-refractivity contribution in [3.8, 4) is 0 Å². The number of hydrogen-bond donors (Lipinski definition) is 1. The second-order valence-corrected chi connectivity index (χ2v) is 8.95. The highest BCUT2D eigenvalue weighted by Gasteiger charge is 2.20. The van der Waals surface area contributed by atoms with Gasteiger partial charge in [-0.1, -0.05) is 59.5 Å². The second kappa shape index (κ2) is 9.21. The summed E-state index contributed by atoms with van der Waals surface area (Å²) < 4.78 is 0.777. The van der Waals surface area contributed by atoms with Crippen molar-refractivity contribution in [2.45, 2.75) is 38.1 Å². The molecule has 3 rings (SSSR count). The number of nitrogens with zero attached hydrogens (tertiary/aromatic N) is 3. The molecular formula is C21H24N4OS2. The summed E-state index contributed by atoms with van der Waals surface area (Å²) in [6, 6.07) is 16.0. The van der Waals surface area contributed by atoms with Crippen molar-refractivity contribution in [2.24, 2.45) is 0 Å². The van der Waals surface area contributed by atoms with Crippen molar-refractivity contribution in [3.05, 3.63) is 59.7 Å². The minimum atomic E-state index is 0.0608. The van der Waals surface area contributed by atoms with Crippen molar-refractivity contribution in [1.82, 2.24) is 10.2 Å². The maximum absolute atomic E-state index is 12.8. The number of aryl methyl sites for hydroxylation is 2. The summed E-state index contributed by atoms with van der Waals surface area (Å²) >= 11 is 2.88. The van der Waals surface area contributed by atoms with E-state index in [4.69, 9.17) is 0 Å². The standard InChI is InChI=1S/C21H24N4OS2/c1-14(2)25(17-11-6-5-7-12-17)18(26)13-27-21-24-23-20(28-21)22-19-15(3)9-8-10-16(19)4/h5-12,14H,13H2,1-4H3,(H,22,23). The van der Waals surface area contributed by atoms with Gasteiger partial charge >= 0.3 is 0 Å². The summed E-state index contributed by atoms with van der Waals surface area (Å²) in [5, 5.41) is 12.5. The molecule has 0 saturated heterocycles. The van der Waals surface area contributed by atoms with Gasteiger partial charge in [-0.25, -0.2) is 0 Å². The Labute approximate surface area is 174 Å². The number of nitrogens with one attached hydrogen (secondary N) is 1. The van der Waals surface area contributed by atoms with Crippen molar-refractivity contribution in [2.75, 3.05) is 16.0 Å². The molecule has 0 aliphatic heterocycles. The molecular weight excluding hydrogens is 388 g/mol. The van der Waals surface area contributed by atoms with E-state index >= 15 is 0 Å². The molecule has 28 heavy (non-hydrogen) atoms. The Morgan fingerprint density at radius 2 is 1.75 bits per heavy atom. The number of carbonyl (C=O) groups is 1. The van der Waals surface area contributed by atoms with E-state index in [1.807, 2.05) is 55.1 Å². The zero-order chi connectivity index (χ0) is 20.1. The van der Waals surface area contributed by atoms with Crippen molar-refractivity contribution in [1.29, 1.82) is 0 Å². The number of aromatic nitrogens is 2. The van der Waals surface area contributed by atoms with Gasteiger partial charge in [-0.05, 0) is 51.0 Å². The molecule has 7 heteroatoms. The summed E-state index contributed by atoms with van der Waals surface area (Å²) in [5.74, 6) is 0.385. The van der Waals surface area contributed by atoms with E-state index in [9.17, 15) is 4.79 Å². The van der Waals surface area contributed by atoms with Crippen LogP contribution in [0.3, 0.4) is 0 Å². The summed E-state index contributed by atoms with van der Waals surface area (Å²) in [4.78, 5) is 14.6. The Morgan fingerprint density at radius 3 is 2.39 bits per heavy atom. The van der Waals surface area contributed by atoms with Crippen molar-refractivity contribution in [3.63, 3.8) is 0 Å². The highest BCUT2D eigenvalue weighted by atomic mass is 32.2. The van der Waals surface area contributed by atoms with E-state index in [0.717, 1.165) is 32.0 Å². The SMILES string of the molecule is Cc1cccc(C)c1Nc1nnc(SCC(=O)N(c2ccccc2)C(C)C)s1. The van der Waals surface area contributed by atoms with Gasteiger partial charge in [0.1, 0.15) is 0 Å². The van der Waals surface area contributed by atoms with E-state index in [-0.39, 0.29) is 11.9 Å². The Morgan fingerprint density at radius 1 is 1.07 bits per heavy atom. The van der Waals surface area contributed by atoms with Gasteiger partial charge in [0, 0.05) is 17.4 Å². The molecule has 1 aromatic heterocycles. The monoisotopic (exact) mass is 412 g/mol. The highest BCUT2D eigenvalue weighted by molar-refractivity contribution is 8.01. The Kier molecular flexibility index (Phi) is 6.70. The second-order valence-electron chi connectivity index (χ2n) is 6.75. The molecule has 0 saturated carbocycles. The first kappa shape index (κ1) is 20.4. The molecule has 0 fully saturated rings. The van der Waals surface area contributed by atoms with Crippen LogP contribution in [0, 0.1) is 13.8 Å². The lowest BCUT2D eigenvalue weighted by Gasteiger charge is -2.26. The van der Waals surface area contributed by atoms with Crippen LogP contribution in [0.2, 0.25) is 0 Å². The lowest BCUT2D eigenvalue weighted by atomic mass is 10.1. The lowest BCUT2D eigenvalue weighted by Crippen LogP contribution is -2.38. The third-order valence-electron chi connectivity index (χ3n) is 4.26. The molecule has 146 valence electrons. The highest BCUT2D eigenvalue weighted by Crippen LogP contribution is 2.30. The van der Waals surface area contributed by atoms with E-state index in [2.05, 4.69) is 41.5 Å². The molecule has 0 atom stereocenters. The molecule has 0 unspecified atom stereocenters. The molecule has 2 aromatic carbocycles. The molecule has 0 aliphatic rings. The molecule has 0 bridgehead atoms. The number of thioether (sulfide) groups is 1. The van der Waals surface area contributed by atoms with Gasteiger partial charge in [-0.15, -0.1) is 10.2 Å². The van der Waals surface area contributed by atoms with Gasteiger partial charge in [0.2, 0.25) is 11.0 Å². The molecule has 3 aromatic rings. The summed E-state index contributed by atoms with van der Waals surface area (Å²) in [5.41, 5.74) is 4.30. The molecule has 1 heterocycles. The van der Waals surface area contributed by atoms with Gasteiger partial charge in [0.25, 0.3) is 0 Å². The lowest BCUT2D eigenvalue weighted by molar-refractivity contribution is -0.116. The maximum atomic E-state index is 12.8. The number of amides is 1. The predicted molar refractivity (Wildman–Crippen MR) is 119 cm³/mol. The Hall–Kier alpha value is -2.38. The fraction of sp³-hybridized carbons (Fsp3) is 0.286. The number of hydrogen-bond acceptors (Lipinski definition) is 6. The molecule has 0 aliphatic carbocycles. The number of benzene rings is 2. The Bertz CT molecular complexity index is 920. The first-order valence-electron chi connectivity index (χ1n) is 9.12. The number of carbonyl (C=O) groups excluding carboxylic acids is 1. The minimum Gasteiger partial charge on any atom is -0.330 e. The smallest absolute Gasteiger partial charge is 0.237 e. The van der Waals surface area contributed by atoms with E-state index in [1.54, 1.807) is 0 Å². The zero-order valence-corrected chi connectivity index (χ0v) is 18.1. The van der Waals surface area contributed by atoms with Crippen LogP contribution in [0.25, 0.3) is 0 Å². The van der Waals surface area contributed by atoms with Crippen LogP contribution in [-0.4, -0.2) is 27.9 Å². The molecule has 1 amide bonds.